The number of rotatable bonds is 3. The third-order valence-corrected chi connectivity index (χ3v) is 11.3. The fourth-order valence-corrected chi connectivity index (χ4v) is 9.25. The topological polar surface area (TPSA) is 17.8 Å². The van der Waals surface area contributed by atoms with Crippen LogP contribution in [0.25, 0.3) is 90.4 Å². The first-order chi connectivity index (χ1) is 22.3. The Kier molecular flexibility index (Phi) is 5.35. The molecule has 0 aliphatic carbocycles. The molecule has 0 bridgehead atoms. The van der Waals surface area contributed by atoms with Gasteiger partial charge in [-0.05, 0) is 48.5 Å². The first-order valence-corrected chi connectivity index (χ1v) is 16.8. The number of pyridine rings is 1. The monoisotopic (exact) mass is 608 g/mol. The molecule has 6 aromatic carbocycles. The first-order valence-electron chi connectivity index (χ1n) is 15.1. The zero-order valence-corrected chi connectivity index (χ0v) is 25.7. The Hall–Kier alpha value is -5.29. The minimum Gasteiger partial charge on any atom is -0.309 e. The summed E-state index contributed by atoms with van der Waals surface area (Å²) in [6.07, 6.45) is 0. The molecule has 0 aliphatic rings. The molecular weight excluding hydrogens is 585 g/mol. The Labute approximate surface area is 267 Å². The summed E-state index contributed by atoms with van der Waals surface area (Å²) in [5.74, 6) is 0. The summed E-state index contributed by atoms with van der Waals surface area (Å²) in [5, 5.41) is 7.71. The van der Waals surface area contributed by atoms with E-state index in [0.29, 0.717) is 0 Å². The van der Waals surface area contributed by atoms with Gasteiger partial charge in [-0.2, -0.15) is 0 Å². The van der Waals surface area contributed by atoms with Crippen LogP contribution in [0.2, 0.25) is 0 Å². The predicted molar refractivity (Wildman–Crippen MR) is 195 cm³/mol. The van der Waals surface area contributed by atoms with E-state index in [0.717, 1.165) is 28.2 Å². The molecule has 0 saturated carbocycles. The fraction of sp³-hybridized carbons (Fsp3) is 0. The van der Waals surface area contributed by atoms with Crippen molar-refractivity contribution in [1.82, 2.24) is 9.55 Å². The number of para-hydroxylation sites is 1. The van der Waals surface area contributed by atoms with Crippen LogP contribution in [0.1, 0.15) is 0 Å². The van der Waals surface area contributed by atoms with Crippen LogP contribution >= 0.6 is 22.7 Å². The Balaban J connectivity index is 1.33. The number of fused-ring (bicyclic) bond motifs is 9. The lowest BCUT2D eigenvalue weighted by Crippen LogP contribution is -1.98. The maximum Gasteiger partial charge on any atom is 0.0737 e. The number of benzene rings is 6. The molecule has 45 heavy (non-hydrogen) atoms. The highest BCUT2D eigenvalue weighted by molar-refractivity contribution is 7.26. The van der Waals surface area contributed by atoms with Crippen LogP contribution in [0.15, 0.2) is 146 Å². The molecule has 0 atom stereocenters. The van der Waals surface area contributed by atoms with Gasteiger partial charge in [0.05, 0.1) is 28.1 Å². The summed E-state index contributed by atoms with van der Waals surface area (Å²) < 4.78 is 7.67. The SMILES string of the molecule is c1ccc(-c2cc(-n3c4ccccc4c4cc5sc6ccccc6c5cc43)cc(-c3cccc4sc5ccccc5c34)n2)cc1. The normalized spacial score (nSPS) is 12.0. The van der Waals surface area contributed by atoms with Crippen LogP contribution < -0.4 is 0 Å². The second kappa shape index (κ2) is 9.60. The van der Waals surface area contributed by atoms with Gasteiger partial charge >= 0.3 is 0 Å². The van der Waals surface area contributed by atoms with Gasteiger partial charge in [-0.25, -0.2) is 4.98 Å². The maximum atomic E-state index is 5.36. The second-order valence-corrected chi connectivity index (χ2v) is 13.7. The summed E-state index contributed by atoms with van der Waals surface area (Å²) >= 11 is 3.72. The molecule has 0 aliphatic heterocycles. The van der Waals surface area contributed by atoms with Crippen LogP contribution in [0, 0.1) is 0 Å². The zero-order valence-electron chi connectivity index (χ0n) is 24.1. The maximum absolute atomic E-state index is 5.36. The van der Waals surface area contributed by atoms with Crippen LogP contribution in [-0.2, 0) is 0 Å². The second-order valence-electron chi connectivity index (χ2n) is 11.6. The summed E-state index contributed by atoms with van der Waals surface area (Å²) in [6.45, 7) is 0. The van der Waals surface area contributed by atoms with Gasteiger partial charge in [0, 0.05) is 62.2 Å². The van der Waals surface area contributed by atoms with Gasteiger partial charge in [0.25, 0.3) is 0 Å². The molecule has 0 amide bonds. The molecular formula is C41H24N2S2. The van der Waals surface area contributed by atoms with Crippen molar-refractivity contribution in [3.63, 3.8) is 0 Å². The van der Waals surface area contributed by atoms with Gasteiger partial charge < -0.3 is 4.57 Å². The highest BCUT2D eigenvalue weighted by atomic mass is 32.1. The van der Waals surface area contributed by atoms with Gasteiger partial charge in [0.1, 0.15) is 0 Å². The molecule has 0 fully saturated rings. The van der Waals surface area contributed by atoms with Crippen molar-refractivity contribution in [2.45, 2.75) is 0 Å². The molecule has 0 spiro atoms. The fourth-order valence-electron chi connectivity index (χ4n) is 6.99. The highest BCUT2D eigenvalue weighted by Crippen LogP contribution is 2.43. The number of thiophene rings is 2. The van der Waals surface area contributed by atoms with Crippen LogP contribution in [0.3, 0.4) is 0 Å². The Morgan fingerprint density at radius 2 is 1.09 bits per heavy atom. The molecule has 10 aromatic rings. The lowest BCUT2D eigenvalue weighted by molar-refractivity contribution is 1.16. The van der Waals surface area contributed by atoms with Gasteiger partial charge in [-0.3, -0.25) is 0 Å². The molecule has 2 nitrogen and oxygen atoms in total. The number of nitrogens with zero attached hydrogens (tertiary/aromatic N) is 2. The Morgan fingerprint density at radius 3 is 1.96 bits per heavy atom. The van der Waals surface area contributed by atoms with Gasteiger partial charge in [0.15, 0.2) is 0 Å². The van der Waals surface area contributed by atoms with Crippen molar-refractivity contribution in [2.75, 3.05) is 0 Å². The van der Waals surface area contributed by atoms with Crippen molar-refractivity contribution >= 4 is 84.8 Å². The molecule has 4 aromatic heterocycles. The number of hydrogen-bond acceptors (Lipinski definition) is 3. The predicted octanol–water partition coefficient (Wildman–Crippen LogP) is 12.2. The quantitative estimate of drug-likeness (QED) is 0.195. The standard InChI is InChI=1S/C41H24N2S2/c1-2-11-25(12-3-1)33-21-26(22-34(42-33)29-16-10-20-39-41(29)30-15-6-9-19-38(30)44-39)43-35-17-7-4-13-27(35)31-24-40-32(23-36(31)43)28-14-5-8-18-37(28)45-40/h1-24H. The lowest BCUT2D eigenvalue weighted by Gasteiger charge is -2.14. The van der Waals surface area contributed by atoms with E-state index in [1.54, 1.807) is 0 Å². The molecule has 4 heterocycles. The minimum absolute atomic E-state index is 0.965. The summed E-state index contributed by atoms with van der Waals surface area (Å²) in [5.41, 5.74) is 7.74. The summed E-state index contributed by atoms with van der Waals surface area (Å²) in [6, 6.07) is 52.8. The smallest absolute Gasteiger partial charge is 0.0737 e. The summed E-state index contributed by atoms with van der Waals surface area (Å²) in [4.78, 5) is 5.36. The Bertz CT molecular complexity index is 2760. The van der Waals surface area contributed by atoms with E-state index in [4.69, 9.17) is 4.98 Å². The molecule has 0 unspecified atom stereocenters. The van der Waals surface area contributed by atoms with Gasteiger partial charge in [0.2, 0.25) is 0 Å². The highest BCUT2D eigenvalue weighted by Gasteiger charge is 2.19. The third-order valence-electron chi connectivity index (χ3n) is 8.99. The molecule has 10 rings (SSSR count). The van der Waals surface area contributed by atoms with Crippen LogP contribution in [0.5, 0.6) is 0 Å². The van der Waals surface area contributed by atoms with Crippen molar-refractivity contribution in [3.8, 4) is 28.2 Å². The average Bonchev–Trinajstić information content (AvgIpc) is 3.76. The summed E-state index contributed by atoms with van der Waals surface area (Å²) in [7, 11) is 0. The van der Waals surface area contributed by atoms with Gasteiger partial charge in [-0.1, -0.05) is 97.1 Å². The largest absolute Gasteiger partial charge is 0.309 e. The molecule has 0 N–H and O–H groups in total. The van der Waals surface area contributed by atoms with Crippen LogP contribution in [-0.4, -0.2) is 9.55 Å². The van der Waals surface area contributed by atoms with E-state index in [1.807, 2.05) is 22.7 Å². The first kappa shape index (κ1) is 25.1. The average molecular weight is 609 g/mol. The van der Waals surface area contributed by atoms with Gasteiger partial charge in [-0.15, -0.1) is 22.7 Å². The van der Waals surface area contributed by atoms with E-state index in [2.05, 4.69) is 150 Å². The van der Waals surface area contributed by atoms with E-state index >= 15 is 0 Å². The third kappa shape index (κ3) is 3.77. The zero-order chi connectivity index (χ0) is 29.5. The molecule has 0 radical (unpaired) electrons. The van der Waals surface area contributed by atoms with E-state index in [-0.39, 0.29) is 0 Å². The minimum atomic E-state index is 0.965. The lowest BCUT2D eigenvalue weighted by atomic mass is 10.0. The molecule has 210 valence electrons. The van der Waals surface area contributed by atoms with Crippen molar-refractivity contribution in [1.29, 1.82) is 0 Å². The van der Waals surface area contributed by atoms with E-state index < -0.39 is 0 Å². The van der Waals surface area contributed by atoms with Crippen LogP contribution in [0.4, 0.5) is 0 Å². The number of hydrogen-bond donors (Lipinski definition) is 0. The number of aromatic nitrogens is 2. The van der Waals surface area contributed by atoms with E-state index in [9.17, 15) is 0 Å². The van der Waals surface area contributed by atoms with Crippen molar-refractivity contribution in [3.05, 3.63) is 146 Å². The molecule has 0 saturated heterocycles. The van der Waals surface area contributed by atoms with E-state index in [1.165, 1.54) is 62.2 Å². The Morgan fingerprint density at radius 1 is 0.422 bits per heavy atom. The van der Waals surface area contributed by atoms with Crippen molar-refractivity contribution in [2.24, 2.45) is 0 Å². The molecule has 4 heteroatoms. The van der Waals surface area contributed by atoms with Crippen molar-refractivity contribution < 1.29 is 0 Å².